The van der Waals surface area contributed by atoms with E-state index in [-0.39, 0.29) is 0 Å². The molecule has 3 heteroatoms. The Morgan fingerprint density at radius 1 is 1.25 bits per heavy atom. The molecule has 1 fully saturated rings. The smallest absolute Gasteiger partial charge is 0.123 e. The van der Waals surface area contributed by atoms with E-state index >= 15 is 0 Å². The number of nitrogens with one attached hydrogen (secondary N) is 1. The molecule has 0 amide bonds. The van der Waals surface area contributed by atoms with Gasteiger partial charge in [-0.3, -0.25) is 0 Å². The van der Waals surface area contributed by atoms with Crippen LogP contribution in [0.25, 0.3) is 10.6 Å². The molecule has 0 atom stereocenters. The molecule has 0 bridgehead atoms. The maximum Gasteiger partial charge on any atom is 0.123 e. The molecule has 82 valence electrons. The lowest BCUT2D eigenvalue weighted by Gasteiger charge is -2.25. The second-order valence-corrected chi connectivity index (χ2v) is 5.16. The van der Waals surface area contributed by atoms with E-state index < -0.39 is 0 Å². The number of aryl methyl sites for hydroxylation is 1. The summed E-state index contributed by atoms with van der Waals surface area (Å²) < 4.78 is 0. The maximum absolute atomic E-state index is 4.71. The lowest BCUT2D eigenvalue weighted by atomic mass is 10.0. The van der Waals surface area contributed by atoms with Gasteiger partial charge in [0.25, 0.3) is 0 Å². The second-order valence-electron chi connectivity index (χ2n) is 4.30. The average molecular weight is 230 g/mol. The quantitative estimate of drug-likeness (QED) is 0.858. The van der Waals surface area contributed by atoms with E-state index in [2.05, 4.69) is 41.9 Å². The fraction of sp³-hybridized carbons (Fsp3) is 0.308. The van der Waals surface area contributed by atoms with Gasteiger partial charge in [-0.2, -0.15) is 0 Å². The van der Waals surface area contributed by atoms with Crippen LogP contribution in [0.4, 0.5) is 0 Å². The Morgan fingerprint density at radius 3 is 2.62 bits per heavy atom. The average Bonchev–Trinajstić information content (AvgIpc) is 2.65. The van der Waals surface area contributed by atoms with Gasteiger partial charge in [-0.1, -0.05) is 29.8 Å². The zero-order valence-electron chi connectivity index (χ0n) is 9.23. The summed E-state index contributed by atoms with van der Waals surface area (Å²) in [5.41, 5.74) is 3.78. The third kappa shape index (κ3) is 1.77. The van der Waals surface area contributed by atoms with E-state index in [9.17, 15) is 0 Å². The number of hydrogen-bond acceptors (Lipinski definition) is 3. The number of rotatable bonds is 2. The van der Waals surface area contributed by atoms with E-state index in [1.54, 1.807) is 11.3 Å². The predicted molar refractivity (Wildman–Crippen MR) is 67.9 cm³/mol. The highest BCUT2D eigenvalue weighted by molar-refractivity contribution is 7.13. The molecule has 1 N–H and O–H groups in total. The molecule has 2 heterocycles. The van der Waals surface area contributed by atoms with Crippen LogP contribution in [-0.2, 0) is 0 Å². The number of nitrogens with zero attached hydrogens (tertiary/aromatic N) is 1. The van der Waals surface area contributed by atoms with Crippen LogP contribution in [0, 0.1) is 6.92 Å². The van der Waals surface area contributed by atoms with Gasteiger partial charge in [0.1, 0.15) is 5.01 Å². The molecule has 1 aliphatic rings. The minimum absolute atomic E-state index is 0.635. The van der Waals surface area contributed by atoms with Gasteiger partial charge < -0.3 is 5.32 Å². The van der Waals surface area contributed by atoms with Crippen LogP contribution < -0.4 is 5.32 Å². The summed E-state index contributed by atoms with van der Waals surface area (Å²) in [6.07, 6.45) is 0. The first-order valence-corrected chi connectivity index (χ1v) is 6.44. The van der Waals surface area contributed by atoms with Gasteiger partial charge in [-0.15, -0.1) is 11.3 Å². The fourth-order valence-corrected chi connectivity index (χ4v) is 2.71. The van der Waals surface area contributed by atoms with Crippen molar-refractivity contribution < 1.29 is 0 Å². The standard InChI is InChI=1S/C13H14N2S/c1-9-2-4-10(5-3-9)13-15-12(8-16-13)11-6-14-7-11/h2-5,8,11,14H,6-7H2,1H3. The summed E-state index contributed by atoms with van der Waals surface area (Å²) in [5, 5.41) is 6.62. The number of aromatic nitrogens is 1. The Hall–Kier alpha value is -1.19. The molecule has 1 aromatic carbocycles. The molecule has 0 saturated carbocycles. The minimum Gasteiger partial charge on any atom is -0.315 e. The molecule has 0 unspecified atom stereocenters. The summed E-state index contributed by atoms with van der Waals surface area (Å²) in [6.45, 7) is 4.27. The van der Waals surface area contributed by atoms with Crippen LogP contribution in [0.1, 0.15) is 17.2 Å². The van der Waals surface area contributed by atoms with Crippen molar-refractivity contribution in [2.24, 2.45) is 0 Å². The second kappa shape index (κ2) is 4.00. The summed E-state index contributed by atoms with van der Waals surface area (Å²) in [4.78, 5) is 4.71. The van der Waals surface area contributed by atoms with E-state index in [4.69, 9.17) is 4.98 Å². The molecule has 1 saturated heterocycles. The van der Waals surface area contributed by atoms with Gasteiger partial charge >= 0.3 is 0 Å². The van der Waals surface area contributed by atoms with Crippen molar-refractivity contribution >= 4 is 11.3 Å². The van der Waals surface area contributed by atoms with Crippen LogP contribution in [0.3, 0.4) is 0 Å². The summed E-state index contributed by atoms with van der Waals surface area (Å²) in [5.74, 6) is 0.635. The highest BCUT2D eigenvalue weighted by Crippen LogP contribution is 2.28. The molecule has 2 nitrogen and oxygen atoms in total. The summed E-state index contributed by atoms with van der Waals surface area (Å²) >= 11 is 1.75. The Bertz CT molecular complexity index is 483. The Kier molecular flexibility index (Phi) is 2.50. The van der Waals surface area contributed by atoms with E-state index in [1.807, 2.05) is 0 Å². The van der Waals surface area contributed by atoms with Gasteiger partial charge in [-0.25, -0.2) is 4.98 Å². The molecule has 0 spiro atoms. The van der Waals surface area contributed by atoms with Crippen LogP contribution in [0.5, 0.6) is 0 Å². The van der Waals surface area contributed by atoms with Crippen molar-refractivity contribution in [1.29, 1.82) is 0 Å². The first-order valence-electron chi connectivity index (χ1n) is 5.56. The predicted octanol–water partition coefficient (Wildman–Crippen LogP) is 2.81. The Labute approximate surface area is 99.4 Å². The zero-order valence-corrected chi connectivity index (χ0v) is 10.1. The van der Waals surface area contributed by atoms with Crippen molar-refractivity contribution in [1.82, 2.24) is 10.3 Å². The number of hydrogen-bond donors (Lipinski definition) is 1. The summed E-state index contributed by atoms with van der Waals surface area (Å²) in [7, 11) is 0. The lowest BCUT2D eigenvalue weighted by molar-refractivity contribution is 0.441. The molecular weight excluding hydrogens is 216 g/mol. The molecule has 16 heavy (non-hydrogen) atoms. The van der Waals surface area contributed by atoms with Crippen LogP contribution in [-0.4, -0.2) is 18.1 Å². The lowest BCUT2D eigenvalue weighted by Crippen LogP contribution is -2.40. The maximum atomic E-state index is 4.71. The van der Waals surface area contributed by atoms with Crippen LogP contribution >= 0.6 is 11.3 Å². The zero-order chi connectivity index (χ0) is 11.0. The van der Waals surface area contributed by atoms with Gasteiger partial charge in [0.05, 0.1) is 5.69 Å². The minimum atomic E-state index is 0.635. The normalized spacial score (nSPS) is 16.1. The number of thiazole rings is 1. The summed E-state index contributed by atoms with van der Waals surface area (Å²) in [6, 6.07) is 8.58. The largest absolute Gasteiger partial charge is 0.315 e. The van der Waals surface area contributed by atoms with E-state index in [0.29, 0.717) is 5.92 Å². The van der Waals surface area contributed by atoms with Crippen LogP contribution in [0.15, 0.2) is 29.6 Å². The van der Waals surface area contributed by atoms with Gasteiger partial charge in [-0.05, 0) is 6.92 Å². The molecule has 1 aliphatic heterocycles. The Balaban J connectivity index is 1.88. The molecule has 0 radical (unpaired) electrons. The van der Waals surface area contributed by atoms with Crippen molar-refractivity contribution in [2.75, 3.05) is 13.1 Å². The highest BCUT2D eigenvalue weighted by Gasteiger charge is 2.21. The first kappa shape index (κ1) is 10.00. The third-order valence-corrected chi connectivity index (χ3v) is 3.93. The Morgan fingerprint density at radius 2 is 2.00 bits per heavy atom. The van der Waals surface area contributed by atoms with E-state index in [0.717, 1.165) is 18.1 Å². The molecule has 1 aromatic heterocycles. The monoisotopic (exact) mass is 230 g/mol. The van der Waals surface area contributed by atoms with Crippen molar-refractivity contribution in [3.63, 3.8) is 0 Å². The molecule has 2 aromatic rings. The van der Waals surface area contributed by atoms with Crippen LogP contribution in [0.2, 0.25) is 0 Å². The van der Waals surface area contributed by atoms with Crippen molar-refractivity contribution in [3.05, 3.63) is 40.9 Å². The molecular formula is C13H14N2S. The topological polar surface area (TPSA) is 24.9 Å². The fourth-order valence-electron chi connectivity index (χ4n) is 1.80. The van der Waals surface area contributed by atoms with Gasteiger partial charge in [0, 0.05) is 30.0 Å². The first-order chi connectivity index (χ1) is 7.83. The number of benzene rings is 1. The van der Waals surface area contributed by atoms with Gasteiger partial charge in [0.2, 0.25) is 0 Å². The third-order valence-electron chi connectivity index (χ3n) is 3.02. The van der Waals surface area contributed by atoms with E-state index in [1.165, 1.54) is 16.8 Å². The van der Waals surface area contributed by atoms with Crippen molar-refractivity contribution in [3.8, 4) is 10.6 Å². The highest BCUT2D eigenvalue weighted by atomic mass is 32.1. The molecule has 3 rings (SSSR count). The van der Waals surface area contributed by atoms with Gasteiger partial charge in [0.15, 0.2) is 0 Å². The van der Waals surface area contributed by atoms with Crippen molar-refractivity contribution in [2.45, 2.75) is 12.8 Å². The molecule has 0 aliphatic carbocycles. The SMILES string of the molecule is Cc1ccc(-c2nc(C3CNC3)cs2)cc1.